The fourth-order valence-corrected chi connectivity index (χ4v) is 6.48. The maximum atomic E-state index is 13.3. The highest BCUT2D eigenvalue weighted by Crippen LogP contribution is 2.24. The summed E-state index contributed by atoms with van der Waals surface area (Å²) in [6.07, 6.45) is 3.07. The van der Waals surface area contributed by atoms with Crippen LogP contribution in [-0.4, -0.2) is 76.5 Å². The second-order valence-corrected chi connectivity index (χ2v) is 13.3. The fraction of sp³-hybridized carbons (Fsp3) is 0.385. The Morgan fingerprint density at radius 2 is 1.20 bits per heavy atom. The van der Waals surface area contributed by atoms with E-state index < -0.39 is 18.1 Å². The van der Waals surface area contributed by atoms with Crippen molar-refractivity contribution in [3.05, 3.63) is 90.0 Å². The smallest absolute Gasteiger partial charge is 0.255 e. The molecule has 12 nitrogen and oxygen atoms in total. The fourth-order valence-electron chi connectivity index (χ4n) is 6.48. The minimum absolute atomic E-state index is 0.0744. The van der Waals surface area contributed by atoms with Gasteiger partial charge in [-0.05, 0) is 85.7 Å². The summed E-state index contributed by atoms with van der Waals surface area (Å²) in [5.41, 5.74) is 2.84. The van der Waals surface area contributed by atoms with Crippen LogP contribution in [0.5, 0.6) is 0 Å². The lowest BCUT2D eigenvalue weighted by atomic mass is 10.0. The molecule has 51 heavy (non-hydrogen) atoms. The van der Waals surface area contributed by atoms with Crippen molar-refractivity contribution >= 4 is 52.5 Å². The van der Waals surface area contributed by atoms with Gasteiger partial charge >= 0.3 is 0 Å². The van der Waals surface area contributed by atoms with E-state index >= 15 is 0 Å². The van der Waals surface area contributed by atoms with Crippen molar-refractivity contribution < 1.29 is 28.8 Å². The van der Waals surface area contributed by atoms with Crippen LogP contribution >= 0.6 is 0 Å². The Kier molecular flexibility index (Phi) is 12.2. The topological polar surface area (TPSA) is 157 Å². The zero-order valence-electron chi connectivity index (χ0n) is 29.3. The Morgan fingerprint density at radius 3 is 1.75 bits per heavy atom. The zero-order valence-corrected chi connectivity index (χ0v) is 29.3. The third kappa shape index (κ3) is 9.39. The number of hydrogen-bond donors (Lipinski definition) is 4. The van der Waals surface area contributed by atoms with Crippen molar-refractivity contribution in [3.63, 3.8) is 0 Å². The molecule has 0 aromatic heterocycles. The van der Waals surface area contributed by atoms with Crippen LogP contribution in [0.15, 0.2) is 78.9 Å². The highest BCUT2D eigenvalue weighted by molar-refractivity contribution is 6.05. The molecule has 3 atom stereocenters. The van der Waals surface area contributed by atoms with E-state index in [2.05, 4.69) is 21.3 Å². The Balaban J connectivity index is 1.12. The van der Waals surface area contributed by atoms with Crippen LogP contribution in [0.4, 0.5) is 17.1 Å². The van der Waals surface area contributed by atoms with Crippen LogP contribution in [0.3, 0.4) is 0 Å². The molecule has 4 N–H and O–H groups in total. The SMILES string of the molecule is CCC(=O)N[C@H](C(=O)N1CCC[C@H]1C(=O)Nc1ccc(C(=O)Nc2ccc(NC(=O)[C@@H]3CCCN3C(=O)Cc3ccccc3)cc2)cc1)C(C)C. The van der Waals surface area contributed by atoms with Gasteiger partial charge in [-0.1, -0.05) is 51.1 Å². The largest absolute Gasteiger partial charge is 0.344 e. The van der Waals surface area contributed by atoms with Crippen molar-refractivity contribution in [2.45, 2.75) is 77.4 Å². The first-order valence-electron chi connectivity index (χ1n) is 17.6. The van der Waals surface area contributed by atoms with Gasteiger partial charge in [-0.2, -0.15) is 0 Å². The van der Waals surface area contributed by atoms with Gasteiger partial charge in [0, 0.05) is 42.1 Å². The number of nitrogens with one attached hydrogen (secondary N) is 4. The molecule has 2 aliphatic heterocycles. The Labute approximate surface area is 298 Å². The lowest BCUT2D eigenvalue weighted by Crippen LogP contribution is -2.54. The number of rotatable bonds is 12. The molecule has 2 fully saturated rings. The van der Waals surface area contributed by atoms with Gasteiger partial charge in [0.05, 0.1) is 6.42 Å². The van der Waals surface area contributed by atoms with Crippen molar-refractivity contribution in [3.8, 4) is 0 Å². The van der Waals surface area contributed by atoms with E-state index in [0.717, 1.165) is 12.0 Å². The van der Waals surface area contributed by atoms with Gasteiger partial charge < -0.3 is 31.1 Å². The predicted molar refractivity (Wildman–Crippen MR) is 195 cm³/mol. The molecule has 5 rings (SSSR count). The van der Waals surface area contributed by atoms with Crippen molar-refractivity contribution in [2.75, 3.05) is 29.0 Å². The number of likely N-dealkylation sites (tertiary alicyclic amines) is 2. The highest BCUT2D eigenvalue weighted by atomic mass is 16.2. The molecular weight excluding hydrogens is 648 g/mol. The molecule has 0 bridgehead atoms. The van der Waals surface area contributed by atoms with E-state index in [0.29, 0.717) is 55.0 Å². The molecule has 0 unspecified atom stereocenters. The normalized spacial score (nSPS) is 17.5. The van der Waals surface area contributed by atoms with Crippen LogP contribution in [-0.2, 0) is 30.4 Å². The number of nitrogens with zero attached hydrogens (tertiary/aromatic N) is 2. The standard InChI is InChI=1S/C39H46N6O6/c1-4-33(46)43-35(25(2)3)39(51)45-23-9-13-32(45)38(50)41-28-16-14-27(15-17-28)36(48)40-29-18-20-30(21-19-29)42-37(49)31-12-8-22-44(31)34(47)24-26-10-6-5-7-11-26/h5-7,10-11,14-21,25,31-32,35H,4,8-9,12-13,22-24H2,1-3H3,(H,40,48)(H,41,50)(H,42,49)(H,43,46)/t31-,32-,35-/m0/s1. The summed E-state index contributed by atoms with van der Waals surface area (Å²) in [7, 11) is 0. The van der Waals surface area contributed by atoms with E-state index in [1.807, 2.05) is 44.2 Å². The average molecular weight is 695 g/mol. The van der Waals surface area contributed by atoms with Crippen LogP contribution in [0, 0.1) is 5.92 Å². The number of benzene rings is 3. The number of carbonyl (C=O) groups is 6. The van der Waals surface area contributed by atoms with E-state index in [9.17, 15) is 28.8 Å². The molecule has 6 amide bonds. The lowest BCUT2D eigenvalue weighted by Gasteiger charge is -2.30. The molecule has 2 aliphatic rings. The molecule has 0 saturated carbocycles. The second kappa shape index (κ2) is 16.9. The molecule has 12 heteroatoms. The van der Waals surface area contributed by atoms with Gasteiger partial charge in [-0.25, -0.2) is 0 Å². The van der Waals surface area contributed by atoms with Crippen LogP contribution < -0.4 is 21.3 Å². The third-order valence-electron chi connectivity index (χ3n) is 9.31. The molecule has 0 radical (unpaired) electrons. The third-order valence-corrected chi connectivity index (χ3v) is 9.31. The summed E-state index contributed by atoms with van der Waals surface area (Å²) in [5.74, 6) is -1.61. The van der Waals surface area contributed by atoms with Gasteiger partial charge in [0.2, 0.25) is 29.5 Å². The Morgan fingerprint density at radius 1 is 0.686 bits per heavy atom. The van der Waals surface area contributed by atoms with Crippen LogP contribution in [0.2, 0.25) is 0 Å². The monoisotopic (exact) mass is 694 g/mol. The summed E-state index contributed by atoms with van der Waals surface area (Å²) >= 11 is 0. The summed E-state index contributed by atoms with van der Waals surface area (Å²) < 4.78 is 0. The highest BCUT2D eigenvalue weighted by Gasteiger charge is 2.38. The summed E-state index contributed by atoms with van der Waals surface area (Å²) in [5, 5.41) is 11.4. The average Bonchev–Trinajstić information content (AvgIpc) is 3.83. The van der Waals surface area contributed by atoms with Gasteiger partial charge in [0.1, 0.15) is 18.1 Å². The minimum Gasteiger partial charge on any atom is -0.344 e. The molecule has 2 heterocycles. The van der Waals surface area contributed by atoms with E-state index in [-0.39, 0.29) is 54.2 Å². The molecule has 268 valence electrons. The lowest BCUT2D eigenvalue weighted by molar-refractivity contribution is -0.141. The summed E-state index contributed by atoms with van der Waals surface area (Å²) in [4.78, 5) is 80.8. The number of hydrogen-bond acceptors (Lipinski definition) is 6. The molecule has 0 spiro atoms. The first-order chi connectivity index (χ1) is 24.5. The number of carbonyl (C=O) groups excluding carboxylic acids is 6. The maximum absolute atomic E-state index is 13.3. The van der Waals surface area contributed by atoms with Gasteiger partial charge in [-0.15, -0.1) is 0 Å². The zero-order chi connectivity index (χ0) is 36.5. The summed E-state index contributed by atoms with van der Waals surface area (Å²) in [6.45, 7) is 6.43. The summed E-state index contributed by atoms with van der Waals surface area (Å²) in [6, 6.07) is 20.8. The van der Waals surface area contributed by atoms with E-state index in [4.69, 9.17) is 0 Å². The predicted octanol–water partition coefficient (Wildman–Crippen LogP) is 4.59. The minimum atomic E-state index is -0.705. The number of anilines is 3. The van der Waals surface area contributed by atoms with Crippen molar-refractivity contribution in [2.24, 2.45) is 5.92 Å². The molecule has 2 saturated heterocycles. The van der Waals surface area contributed by atoms with Crippen molar-refractivity contribution in [1.29, 1.82) is 0 Å². The van der Waals surface area contributed by atoms with Gasteiger partial charge in [0.15, 0.2) is 0 Å². The molecule has 3 aromatic carbocycles. The number of amides is 6. The maximum Gasteiger partial charge on any atom is 0.255 e. The Bertz CT molecular complexity index is 1730. The first-order valence-corrected chi connectivity index (χ1v) is 17.6. The van der Waals surface area contributed by atoms with Crippen molar-refractivity contribution in [1.82, 2.24) is 15.1 Å². The molecular formula is C39H46N6O6. The van der Waals surface area contributed by atoms with E-state index in [1.54, 1.807) is 65.3 Å². The van der Waals surface area contributed by atoms with Gasteiger partial charge in [0.25, 0.3) is 5.91 Å². The van der Waals surface area contributed by atoms with Gasteiger partial charge in [-0.3, -0.25) is 28.8 Å². The van der Waals surface area contributed by atoms with Crippen LogP contribution in [0.25, 0.3) is 0 Å². The quantitative estimate of drug-likeness (QED) is 0.217. The Hall–Kier alpha value is -5.52. The van der Waals surface area contributed by atoms with E-state index in [1.165, 1.54) is 0 Å². The van der Waals surface area contributed by atoms with Crippen LogP contribution in [0.1, 0.15) is 68.8 Å². The first kappa shape index (κ1) is 36.8. The molecule has 0 aliphatic carbocycles. The second-order valence-electron chi connectivity index (χ2n) is 13.3. The molecule has 3 aromatic rings.